The van der Waals surface area contributed by atoms with Crippen LogP contribution >= 0.6 is 0 Å². The van der Waals surface area contributed by atoms with E-state index in [4.69, 9.17) is 5.11 Å². The highest BCUT2D eigenvalue weighted by Crippen LogP contribution is 2.18. The maximum absolute atomic E-state index is 10.9. The van der Waals surface area contributed by atoms with Crippen molar-refractivity contribution in [3.8, 4) is 0 Å². The monoisotopic (exact) mass is 206 g/mol. The Balaban J connectivity index is 2.46. The zero-order chi connectivity index (χ0) is 10.8. The molecule has 0 atom stereocenters. The number of hydrazone groups is 1. The van der Waals surface area contributed by atoms with E-state index in [9.17, 15) is 4.79 Å². The summed E-state index contributed by atoms with van der Waals surface area (Å²) in [6, 6.07) is 3.18. The SMILES string of the molecule is Cc1ccc(C(=O)O)c(N2N=CCN2)n1. The van der Waals surface area contributed by atoms with E-state index in [1.54, 1.807) is 19.2 Å². The summed E-state index contributed by atoms with van der Waals surface area (Å²) >= 11 is 0. The molecule has 0 unspecified atom stereocenters. The number of carboxylic acids is 1. The zero-order valence-electron chi connectivity index (χ0n) is 8.14. The van der Waals surface area contributed by atoms with Crippen LogP contribution in [0.4, 0.5) is 5.82 Å². The number of aromatic carboxylic acids is 1. The average molecular weight is 206 g/mol. The van der Waals surface area contributed by atoms with Crippen molar-refractivity contribution >= 4 is 18.0 Å². The molecule has 1 aliphatic rings. The molecule has 0 aromatic carbocycles. The van der Waals surface area contributed by atoms with Crippen molar-refractivity contribution in [1.29, 1.82) is 0 Å². The number of hydrogen-bond acceptors (Lipinski definition) is 5. The summed E-state index contributed by atoms with van der Waals surface area (Å²) in [6.45, 7) is 2.38. The average Bonchev–Trinajstić information content (AvgIpc) is 2.69. The van der Waals surface area contributed by atoms with Crippen molar-refractivity contribution < 1.29 is 9.90 Å². The predicted octanol–water partition coefficient (Wildman–Crippen LogP) is 0.399. The molecule has 0 bridgehead atoms. The van der Waals surface area contributed by atoms with Gasteiger partial charge >= 0.3 is 5.97 Å². The molecule has 2 N–H and O–H groups in total. The minimum Gasteiger partial charge on any atom is -0.478 e. The molecular weight excluding hydrogens is 196 g/mol. The van der Waals surface area contributed by atoms with Gasteiger partial charge in [0.2, 0.25) is 0 Å². The van der Waals surface area contributed by atoms with Gasteiger partial charge in [0.25, 0.3) is 0 Å². The van der Waals surface area contributed by atoms with Crippen molar-refractivity contribution in [3.63, 3.8) is 0 Å². The van der Waals surface area contributed by atoms with Crippen LogP contribution in [0.5, 0.6) is 0 Å². The minimum absolute atomic E-state index is 0.132. The number of carboxylic acid groups (broad SMARTS) is 1. The van der Waals surface area contributed by atoms with Gasteiger partial charge in [-0.1, -0.05) is 0 Å². The molecule has 15 heavy (non-hydrogen) atoms. The highest BCUT2D eigenvalue weighted by Gasteiger charge is 2.18. The molecule has 0 aliphatic carbocycles. The van der Waals surface area contributed by atoms with Gasteiger partial charge in [-0.3, -0.25) is 0 Å². The van der Waals surface area contributed by atoms with Crippen molar-refractivity contribution in [3.05, 3.63) is 23.4 Å². The standard InChI is InChI=1S/C9H10N4O2/c1-6-2-3-7(9(14)15)8(12-6)13-10-4-5-11-13/h2-4,11H,5H2,1H3,(H,14,15). The van der Waals surface area contributed by atoms with Crippen LogP contribution in [-0.4, -0.2) is 28.8 Å². The normalized spacial score (nSPS) is 14.6. The van der Waals surface area contributed by atoms with E-state index in [1.165, 1.54) is 11.2 Å². The van der Waals surface area contributed by atoms with Gasteiger partial charge in [0.05, 0.1) is 6.54 Å². The number of rotatable bonds is 2. The van der Waals surface area contributed by atoms with E-state index in [2.05, 4.69) is 15.5 Å². The molecule has 1 aromatic rings. The largest absolute Gasteiger partial charge is 0.478 e. The first-order chi connectivity index (χ1) is 7.18. The van der Waals surface area contributed by atoms with Gasteiger partial charge in [-0.2, -0.15) is 10.2 Å². The number of carbonyl (C=O) groups is 1. The lowest BCUT2D eigenvalue weighted by atomic mass is 10.2. The van der Waals surface area contributed by atoms with E-state index in [1.807, 2.05) is 0 Å². The van der Waals surface area contributed by atoms with E-state index >= 15 is 0 Å². The second-order valence-electron chi connectivity index (χ2n) is 3.10. The van der Waals surface area contributed by atoms with E-state index in [-0.39, 0.29) is 5.56 Å². The lowest BCUT2D eigenvalue weighted by molar-refractivity contribution is 0.0697. The highest BCUT2D eigenvalue weighted by molar-refractivity contribution is 5.93. The third-order valence-electron chi connectivity index (χ3n) is 1.97. The molecule has 1 aliphatic heterocycles. The summed E-state index contributed by atoms with van der Waals surface area (Å²) in [5.74, 6) is -0.697. The fourth-order valence-electron chi connectivity index (χ4n) is 1.29. The van der Waals surface area contributed by atoms with Crippen LogP contribution in [-0.2, 0) is 0 Å². The number of hydrogen-bond donors (Lipinski definition) is 2. The van der Waals surface area contributed by atoms with Crippen molar-refractivity contribution in [2.45, 2.75) is 6.92 Å². The molecule has 0 saturated carbocycles. The second kappa shape index (κ2) is 3.66. The fraction of sp³-hybridized carbons (Fsp3) is 0.222. The summed E-state index contributed by atoms with van der Waals surface area (Å²) in [4.78, 5) is 15.1. The van der Waals surface area contributed by atoms with E-state index in [0.717, 1.165) is 5.69 Å². The van der Waals surface area contributed by atoms with Gasteiger partial charge < -0.3 is 5.11 Å². The van der Waals surface area contributed by atoms with Gasteiger partial charge in [0.15, 0.2) is 5.82 Å². The minimum atomic E-state index is -1.01. The topological polar surface area (TPSA) is 77.8 Å². The van der Waals surface area contributed by atoms with Crippen molar-refractivity contribution in [2.24, 2.45) is 5.10 Å². The van der Waals surface area contributed by atoms with Gasteiger partial charge in [0, 0.05) is 11.9 Å². The number of anilines is 1. The van der Waals surface area contributed by atoms with E-state index < -0.39 is 5.97 Å². The Hall–Kier alpha value is -1.95. The first kappa shape index (κ1) is 9.60. The number of nitrogens with one attached hydrogen (secondary N) is 1. The number of aryl methyl sites for hydroxylation is 1. The van der Waals surface area contributed by atoms with E-state index in [0.29, 0.717) is 12.4 Å². The number of hydrazine groups is 1. The molecular formula is C9H10N4O2. The summed E-state index contributed by atoms with van der Waals surface area (Å²) < 4.78 is 0. The lowest BCUT2D eigenvalue weighted by Gasteiger charge is -2.15. The molecule has 0 fully saturated rings. The van der Waals surface area contributed by atoms with Gasteiger partial charge in [-0.25, -0.2) is 15.2 Å². The molecule has 2 rings (SSSR count). The lowest BCUT2D eigenvalue weighted by Crippen LogP contribution is -2.30. The maximum atomic E-state index is 10.9. The third-order valence-corrected chi connectivity index (χ3v) is 1.97. The van der Waals surface area contributed by atoms with Crippen LogP contribution in [0, 0.1) is 6.92 Å². The molecule has 0 spiro atoms. The van der Waals surface area contributed by atoms with Crippen LogP contribution in [0.25, 0.3) is 0 Å². The first-order valence-corrected chi connectivity index (χ1v) is 4.45. The molecule has 0 saturated heterocycles. The fourth-order valence-corrected chi connectivity index (χ4v) is 1.29. The van der Waals surface area contributed by atoms with Crippen LogP contribution in [0.3, 0.4) is 0 Å². The predicted molar refractivity (Wildman–Crippen MR) is 54.9 cm³/mol. The van der Waals surface area contributed by atoms with Gasteiger partial charge in [-0.15, -0.1) is 0 Å². The Bertz CT molecular complexity index is 430. The Morgan fingerprint density at radius 2 is 2.40 bits per heavy atom. The zero-order valence-corrected chi connectivity index (χ0v) is 8.14. The Kier molecular flexibility index (Phi) is 2.34. The quantitative estimate of drug-likeness (QED) is 0.732. The second-order valence-corrected chi connectivity index (χ2v) is 3.10. The highest BCUT2D eigenvalue weighted by atomic mass is 16.4. The smallest absolute Gasteiger partial charge is 0.339 e. The molecule has 78 valence electrons. The molecule has 1 aromatic heterocycles. The Labute approximate surface area is 86.2 Å². The maximum Gasteiger partial charge on any atom is 0.339 e. The third kappa shape index (κ3) is 1.79. The molecule has 0 radical (unpaired) electrons. The molecule has 2 heterocycles. The Morgan fingerprint density at radius 1 is 1.60 bits per heavy atom. The van der Waals surface area contributed by atoms with Crippen molar-refractivity contribution in [1.82, 2.24) is 10.4 Å². The van der Waals surface area contributed by atoms with Crippen LogP contribution in [0.15, 0.2) is 17.2 Å². The number of aromatic nitrogens is 1. The Morgan fingerprint density at radius 3 is 3.00 bits per heavy atom. The summed E-state index contributed by atoms with van der Waals surface area (Å²) in [6.07, 6.45) is 1.65. The van der Waals surface area contributed by atoms with Gasteiger partial charge in [0.1, 0.15) is 5.56 Å². The van der Waals surface area contributed by atoms with Crippen LogP contribution in [0.2, 0.25) is 0 Å². The van der Waals surface area contributed by atoms with Crippen molar-refractivity contribution in [2.75, 3.05) is 11.7 Å². The molecule has 6 heteroatoms. The summed E-state index contributed by atoms with van der Waals surface area (Å²) in [5.41, 5.74) is 3.76. The summed E-state index contributed by atoms with van der Waals surface area (Å²) in [7, 11) is 0. The number of pyridine rings is 1. The van der Waals surface area contributed by atoms with Crippen LogP contribution in [0.1, 0.15) is 16.1 Å². The first-order valence-electron chi connectivity index (χ1n) is 4.45. The van der Waals surface area contributed by atoms with Crippen LogP contribution < -0.4 is 10.5 Å². The van der Waals surface area contributed by atoms with Gasteiger partial charge in [-0.05, 0) is 19.1 Å². The number of nitrogens with zero attached hydrogens (tertiary/aromatic N) is 3. The molecule has 0 amide bonds. The summed E-state index contributed by atoms with van der Waals surface area (Å²) in [5, 5.41) is 14.3. The molecule has 6 nitrogen and oxygen atoms in total.